The van der Waals surface area contributed by atoms with Crippen LogP contribution in [0.15, 0.2) is 36.5 Å². The third kappa shape index (κ3) is 3.58. The second-order valence-electron chi connectivity index (χ2n) is 6.05. The van der Waals surface area contributed by atoms with Crippen LogP contribution in [0.2, 0.25) is 0 Å². The quantitative estimate of drug-likeness (QED) is 0.866. The summed E-state index contributed by atoms with van der Waals surface area (Å²) in [7, 11) is 0. The van der Waals surface area contributed by atoms with E-state index in [4.69, 9.17) is 22.7 Å². The smallest absolute Gasteiger partial charge is 0.156 e. The van der Waals surface area contributed by atoms with E-state index in [0.717, 1.165) is 11.3 Å². The van der Waals surface area contributed by atoms with Gasteiger partial charge in [0.15, 0.2) is 5.75 Å². The standard InChI is InChI=1S/C17H20N2OS/c1-11-10-12(17(2,3)4)7-8-13(11)20-14-6-5-9-19-15(14)16(18)21/h5-10H,1-4H3,(H2,18,21). The summed E-state index contributed by atoms with van der Waals surface area (Å²) in [6.45, 7) is 8.60. The summed E-state index contributed by atoms with van der Waals surface area (Å²) in [6.07, 6.45) is 1.65. The van der Waals surface area contributed by atoms with Gasteiger partial charge in [0.2, 0.25) is 0 Å². The number of aromatic nitrogens is 1. The Labute approximate surface area is 131 Å². The van der Waals surface area contributed by atoms with Crippen molar-refractivity contribution in [2.45, 2.75) is 33.1 Å². The molecule has 21 heavy (non-hydrogen) atoms. The molecule has 1 aromatic carbocycles. The first-order chi connectivity index (χ1) is 9.79. The lowest BCUT2D eigenvalue weighted by atomic mass is 9.86. The molecule has 0 saturated carbocycles. The molecule has 110 valence electrons. The lowest BCUT2D eigenvalue weighted by Gasteiger charge is -2.20. The summed E-state index contributed by atoms with van der Waals surface area (Å²) >= 11 is 5.00. The highest BCUT2D eigenvalue weighted by atomic mass is 32.1. The molecule has 2 N–H and O–H groups in total. The summed E-state index contributed by atoms with van der Waals surface area (Å²) in [5, 5.41) is 0. The molecule has 1 aromatic heterocycles. The van der Waals surface area contributed by atoms with E-state index in [1.165, 1.54) is 5.56 Å². The molecule has 3 nitrogen and oxygen atoms in total. The Hall–Kier alpha value is -1.94. The average molecular weight is 300 g/mol. The van der Waals surface area contributed by atoms with Gasteiger partial charge in [-0.25, -0.2) is 4.98 Å². The number of ether oxygens (including phenoxy) is 1. The summed E-state index contributed by atoms with van der Waals surface area (Å²) < 4.78 is 5.94. The van der Waals surface area contributed by atoms with E-state index in [1.54, 1.807) is 12.3 Å². The van der Waals surface area contributed by atoms with E-state index >= 15 is 0 Å². The maximum atomic E-state index is 5.94. The fraction of sp³-hybridized carbons (Fsp3) is 0.294. The number of nitrogens with two attached hydrogens (primary N) is 1. The topological polar surface area (TPSA) is 48.1 Å². The van der Waals surface area contributed by atoms with Gasteiger partial charge in [-0.3, -0.25) is 0 Å². The highest BCUT2D eigenvalue weighted by Crippen LogP contribution is 2.31. The van der Waals surface area contributed by atoms with Gasteiger partial charge in [-0.2, -0.15) is 0 Å². The van der Waals surface area contributed by atoms with Gasteiger partial charge in [0.25, 0.3) is 0 Å². The predicted octanol–water partition coefficient (Wildman–Crippen LogP) is 4.11. The van der Waals surface area contributed by atoms with E-state index < -0.39 is 0 Å². The summed E-state index contributed by atoms with van der Waals surface area (Å²) in [5.74, 6) is 1.37. The molecule has 2 aromatic rings. The van der Waals surface area contributed by atoms with Gasteiger partial charge in [-0.1, -0.05) is 45.1 Å². The number of rotatable bonds is 3. The first-order valence-electron chi connectivity index (χ1n) is 6.83. The SMILES string of the molecule is Cc1cc(C(C)(C)C)ccc1Oc1cccnc1C(N)=S. The number of hydrogen-bond donors (Lipinski definition) is 1. The van der Waals surface area contributed by atoms with Crippen molar-refractivity contribution in [3.8, 4) is 11.5 Å². The fourth-order valence-corrected chi connectivity index (χ4v) is 2.16. The Morgan fingerprint density at radius 3 is 2.48 bits per heavy atom. The monoisotopic (exact) mass is 300 g/mol. The van der Waals surface area contributed by atoms with Crippen LogP contribution in [0, 0.1) is 6.92 Å². The van der Waals surface area contributed by atoms with E-state index in [2.05, 4.69) is 37.9 Å². The third-order valence-corrected chi connectivity index (χ3v) is 3.46. The van der Waals surface area contributed by atoms with E-state index in [-0.39, 0.29) is 10.4 Å². The molecule has 0 aliphatic rings. The molecule has 0 spiro atoms. The summed E-state index contributed by atoms with van der Waals surface area (Å²) in [5.41, 5.74) is 8.64. The minimum Gasteiger partial charge on any atom is -0.455 e. The van der Waals surface area contributed by atoms with Gasteiger partial charge in [-0.05, 0) is 41.7 Å². The minimum atomic E-state index is 0.113. The average Bonchev–Trinajstić information content (AvgIpc) is 2.40. The largest absolute Gasteiger partial charge is 0.455 e. The van der Waals surface area contributed by atoms with E-state index in [1.807, 2.05) is 19.1 Å². The number of nitrogens with zero attached hydrogens (tertiary/aromatic N) is 1. The van der Waals surface area contributed by atoms with E-state index in [9.17, 15) is 0 Å². The number of thiocarbonyl (C=S) groups is 1. The highest BCUT2D eigenvalue weighted by molar-refractivity contribution is 7.80. The molecule has 1 heterocycles. The molecule has 4 heteroatoms. The van der Waals surface area contributed by atoms with Crippen LogP contribution in [0.5, 0.6) is 11.5 Å². The van der Waals surface area contributed by atoms with Gasteiger partial charge in [0.05, 0.1) is 0 Å². The minimum absolute atomic E-state index is 0.113. The molecule has 0 aliphatic heterocycles. The van der Waals surface area contributed by atoms with Crippen molar-refractivity contribution >= 4 is 17.2 Å². The molecule has 0 aliphatic carbocycles. The van der Waals surface area contributed by atoms with Crippen LogP contribution in [0.4, 0.5) is 0 Å². The van der Waals surface area contributed by atoms with Crippen LogP contribution in [-0.4, -0.2) is 9.97 Å². The first-order valence-corrected chi connectivity index (χ1v) is 7.23. The Morgan fingerprint density at radius 2 is 1.90 bits per heavy atom. The van der Waals surface area contributed by atoms with Gasteiger partial charge in [0.1, 0.15) is 16.4 Å². The number of aryl methyl sites for hydroxylation is 1. The number of benzene rings is 1. The Bertz CT molecular complexity index is 675. The Kier molecular flexibility index (Phi) is 4.28. The number of pyridine rings is 1. The lowest BCUT2D eigenvalue weighted by Crippen LogP contribution is -2.13. The zero-order valence-corrected chi connectivity index (χ0v) is 13.6. The van der Waals surface area contributed by atoms with Gasteiger partial charge < -0.3 is 10.5 Å². The molecular formula is C17H20N2OS. The molecule has 0 bridgehead atoms. The van der Waals surface area contributed by atoms with Crippen LogP contribution < -0.4 is 10.5 Å². The van der Waals surface area contributed by atoms with Crippen LogP contribution >= 0.6 is 12.2 Å². The summed E-state index contributed by atoms with van der Waals surface area (Å²) in [4.78, 5) is 4.40. The molecule has 0 fully saturated rings. The molecule has 0 amide bonds. The van der Waals surface area contributed by atoms with Crippen molar-refractivity contribution in [3.05, 3.63) is 53.3 Å². The Balaban J connectivity index is 2.35. The van der Waals surface area contributed by atoms with Crippen molar-refractivity contribution in [2.24, 2.45) is 5.73 Å². The third-order valence-electron chi connectivity index (χ3n) is 3.26. The molecule has 0 unspecified atom stereocenters. The molecule has 2 rings (SSSR count). The van der Waals surface area contributed by atoms with E-state index in [0.29, 0.717) is 11.4 Å². The molecule has 0 saturated heterocycles. The first kappa shape index (κ1) is 15.4. The van der Waals surface area contributed by atoms with Crippen LogP contribution in [0.25, 0.3) is 0 Å². The van der Waals surface area contributed by atoms with Crippen molar-refractivity contribution in [2.75, 3.05) is 0 Å². The van der Waals surface area contributed by atoms with Crippen molar-refractivity contribution in [1.29, 1.82) is 0 Å². The molecule has 0 radical (unpaired) electrons. The lowest BCUT2D eigenvalue weighted by molar-refractivity contribution is 0.474. The van der Waals surface area contributed by atoms with Crippen LogP contribution in [0.3, 0.4) is 0 Å². The maximum absolute atomic E-state index is 5.94. The fourth-order valence-electron chi connectivity index (χ4n) is 2.01. The second kappa shape index (κ2) is 5.82. The zero-order valence-electron chi connectivity index (χ0n) is 12.8. The van der Waals surface area contributed by atoms with Gasteiger partial charge >= 0.3 is 0 Å². The normalized spacial score (nSPS) is 11.2. The molecule has 0 atom stereocenters. The van der Waals surface area contributed by atoms with Crippen LogP contribution in [-0.2, 0) is 5.41 Å². The van der Waals surface area contributed by atoms with Crippen LogP contribution in [0.1, 0.15) is 37.6 Å². The van der Waals surface area contributed by atoms with Gasteiger partial charge in [0, 0.05) is 6.20 Å². The maximum Gasteiger partial charge on any atom is 0.156 e. The Morgan fingerprint density at radius 1 is 1.19 bits per heavy atom. The molecular weight excluding hydrogens is 280 g/mol. The van der Waals surface area contributed by atoms with Crippen molar-refractivity contribution < 1.29 is 4.74 Å². The predicted molar refractivity (Wildman–Crippen MR) is 90.1 cm³/mol. The number of hydrogen-bond acceptors (Lipinski definition) is 3. The zero-order chi connectivity index (χ0) is 15.6. The highest BCUT2D eigenvalue weighted by Gasteiger charge is 2.16. The second-order valence-corrected chi connectivity index (χ2v) is 6.49. The van der Waals surface area contributed by atoms with Gasteiger partial charge in [-0.15, -0.1) is 0 Å². The van der Waals surface area contributed by atoms with Crippen molar-refractivity contribution in [3.63, 3.8) is 0 Å². The van der Waals surface area contributed by atoms with Crippen molar-refractivity contribution in [1.82, 2.24) is 4.98 Å². The summed E-state index contributed by atoms with van der Waals surface area (Å²) in [6, 6.07) is 9.83.